The lowest BCUT2D eigenvalue weighted by Crippen LogP contribution is -2.18. The quantitative estimate of drug-likeness (QED) is 0.439. The molecule has 1 saturated heterocycles. The third-order valence-corrected chi connectivity index (χ3v) is 3.13. The van der Waals surface area contributed by atoms with E-state index in [2.05, 4.69) is 31.1 Å². The Morgan fingerprint density at radius 3 is 2.57 bits per heavy atom. The van der Waals surface area contributed by atoms with E-state index in [1.54, 1.807) is 0 Å². The Balaban J connectivity index is 2.43. The molecule has 80 valence electrons. The minimum Gasteiger partial charge on any atom is -0.396 e. The third kappa shape index (κ3) is 3.45. The molecule has 0 amide bonds. The average molecular weight is 212 g/mol. The molecule has 1 heterocycles. The van der Waals surface area contributed by atoms with Crippen LogP contribution in [-0.4, -0.2) is 31.5 Å². The third-order valence-electron chi connectivity index (χ3n) is 2.25. The fourth-order valence-electron chi connectivity index (χ4n) is 1.29. The summed E-state index contributed by atoms with van der Waals surface area (Å²) in [4.78, 5) is 0. The van der Waals surface area contributed by atoms with E-state index < -0.39 is 8.07 Å². The Hall–Kier alpha value is -0.303. The predicted octanol–water partition coefficient (Wildman–Crippen LogP) is 1.80. The predicted molar refractivity (Wildman–Crippen MR) is 60.7 cm³/mol. The maximum Gasteiger partial charge on any atom is 0.151 e. The van der Waals surface area contributed by atoms with Crippen LogP contribution in [0.25, 0.3) is 0 Å². The van der Waals surface area contributed by atoms with Crippen molar-refractivity contribution in [1.82, 2.24) is 0 Å². The summed E-state index contributed by atoms with van der Waals surface area (Å²) >= 11 is 0. The number of aliphatic hydroxyl groups is 1. The van der Waals surface area contributed by atoms with Crippen LogP contribution >= 0.6 is 0 Å². The van der Waals surface area contributed by atoms with Gasteiger partial charge in [-0.05, 0) is 19.8 Å². The Kier molecular flexibility index (Phi) is 3.41. The molecule has 0 saturated carbocycles. The summed E-state index contributed by atoms with van der Waals surface area (Å²) in [5.74, 6) is 3.24. The van der Waals surface area contributed by atoms with Gasteiger partial charge in [-0.15, -0.1) is 5.54 Å². The molecular formula is C11H20O2Si. The van der Waals surface area contributed by atoms with Crippen LogP contribution in [0.15, 0.2) is 0 Å². The van der Waals surface area contributed by atoms with Crippen LogP contribution in [0.5, 0.6) is 0 Å². The van der Waals surface area contributed by atoms with Gasteiger partial charge < -0.3 is 9.84 Å². The molecule has 0 unspecified atom stereocenters. The maximum atomic E-state index is 8.69. The lowest BCUT2D eigenvalue weighted by molar-refractivity contribution is 0.271. The fraction of sp³-hybridized carbons (Fsp3) is 0.818. The highest BCUT2D eigenvalue weighted by atomic mass is 28.3. The molecule has 2 nitrogen and oxygen atoms in total. The minimum atomic E-state index is -1.28. The van der Waals surface area contributed by atoms with E-state index >= 15 is 0 Å². The molecule has 3 heteroatoms. The van der Waals surface area contributed by atoms with Gasteiger partial charge in [-0.1, -0.05) is 25.6 Å². The van der Waals surface area contributed by atoms with E-state index in [0.29, 0.717) is 0 Å². The van der Waals surface area contributed by atoms with Crippen molar-refractivity contribution in [3.63, 3.8) is 0 Å². The van der Waals surface area contributed by atoms with E-state index in [9.17, 15) is 0 Å². The van der Waals surface area contributed by atoms with Crippen LogP contribution in [0.1, 0.15) is 19.8 Å². The van der Waals surface area contributed by atoms with Gasteiger partial charge in [0.2, 0.25) is 0 Å². The summed E-state index contributed by atoms with van der Waals surface area (Å²) < 4.78 is 5.54. The summed E-state index contributed by atoms with van der Waals surface area (Å²) in [6, 6.07) is 0. The number of ether oxygens (including phenoxy) is 1. The van der Waals surface area contributed by atoms with E-state index in [1.807, 2.05) is 6.92 Å². The highest BCUT2D eigenvalue weighted by Gasteiger charge is 2.50. The molecule has 1 aliphatic heterocycles. The van der Waals surface area contributed by atoms with Gasteiger partial charge in [0.15, 0.2) is 5.60 Å². The molecule has 2 atom stereocenters. The van der Waals surface area contributed by atoms with Crippen molar-refractivity contribution in [2.45, 2.75) is 51.1 Å². The number of epoxide rings is 1. The van der Waals surface area contributed by atoms with Gasteiger partial charge in [0.05, 0.1) is 6.10 Å². The van der Waals surface area contributed by atoms with E-state index in [4.69, 9.17) is 9.84 Å². The van der Waals surface area contributed by atoms with Gasteiger partial charge in [0, 0.05) is 6.61 Å². The van der Waals surface area contributed by atoms with E-state index in [0.717, 1.165) is 12.8 Å². The Bertz CT molecular complexity index is 259. The molecule has 1 aliphatic rings. The number of aliphatic hydroxyl groups excluding tert-OH is 1. The second kappa shape index (κ2) is 4.06. The minimum absolute atomic E-state index is 0.213. The SMILES string of the molecule is C[C@]1(C#C[Si](C)(C)C)O[C@@H]1CCCO. The molecule has 14 heavy (non-hydrogen) atoms. The second-order valence-electron chi connectivity index (χ2n) is 5.08. The molecule has 0 spiro atoms. The summed E-state index contributed by atoms with van der Waals surface area (Å²) in [6.45, 7) is 8.98. The molecule has 0 radical (unpaired) electrons. The van der Waals surface area contributed by atoms with Gasteiger partial charge in [-0.25, -0.2) is 0 Å². The molecule has 0 aromatic heterocycles. The summed E-state index contributed by atoms with van der Waals surface area (Å²) in [5.41, 5.74) is 3.12. The summed E-state index contributed by atoms with van der Waals surface area (Å²) in [7, 11) is -1.28. The first-order valence-electron chi connectivity index (χ1n) is 5.20. The lowest BCUT2D eigenvalue weighted by atomic mass is 10.1. The van der Waals surface area contributed by atoms with Crippen molar-refractivity contribution in [3.8, 4) is 11.5 Å². The Morgan fingerprint density at radius 2 is 2.07 bits per heavy atom. The topological polar surface area (TPSA) is 32.8 Å². The van der Waals surface area contributed by atoms with Crippen molar-refractivity contribution >= 4 is 8.07 Å². The van der Waals surface area contributed by atoms with Crippen molar-refractivity contribution in [1.29, 1.82) is 0 Å². The second-order valence-corrected chi connectivity index (χ2v) is 9.83. The largest absolute Gasteiger partial charge is 0.396 e. The molecule has 0 aliphatic carbocycles. The first kappa shape index (κ1) is 11.8. The Labute approximate surface area is 87.7 Å². The maximum absolute atomic E-state index is 8.69. The molecule has 0 aromatic carbocycles. The molecule has 1 rings (SSSR count). The van der Waals surface area contributed by atoms with Gasteiger partial charge in [0.1, 0.15) is 8.07 Å². The van der Waals surface area contributed by atoms with Crippen LogP contribution in [0.4, 0.5) is 0 Å². The van der Waals surface area contributed by atoms with Gasteiger partial charge in [-0.2, -0.15) is 0 Å². The summed E-state index contributed by atoms with van der Waals surface area (Å²) in [5, 5.41) is 8.69. The molecular weight excluding hydrogens is 192 g/mol. The lowest BCUT2D eigenvalue weighted by Gasteiger charge is -2.04. The fourth-order valence-corrected chi connectivity index (χ4v) is 1.92. The smallest absolute Gasteiger partial charge is 0.151 e. The number of hydrogen-bond donors (Lipinski definition) is 1. The van der Waals surface area contributed by atoms with Crippen LogP contribution in [0.3, 0.4) is 0 Å². The Morgan fingerprint density at radius 1 is 1.43 bits per heavy atom. The van der Waals surface area contributed by atoms with Crippen molar-refractivity contribution in [2.24, 2.45) is 0 Å². The first-order valence-corrected chi connectivity index (χ1v) is 8.70. The zero-order valence-electron chi connectivity index (χ0n) is 9.55. The highest BCUT2D eigenvalue weighted by Crippen LogP contribution is 2.38. The van der Waals surface area contributed by atoms with Gasteiger partial charge >= 0.3 is 0 Å². The van der Waals surface area contributed by atoms with Crippen LogP contribution in [0, 0.1) is 11.5 Å². The van der Waals surface area contributed by atoms with E-state index in [-0.39, 0.29) is 18.3 Å². The van der Waals surface area contributed by atoms with Crippen LogP contribution in [0.2, 0.25) is 19.6 Å². The van der Waals surface area contributed by atoms with Crippen LogP contribution < -0.4 is 0 Å². The normalized spacial score (nSPS) is 30.8. The average Bonchev–Trinajstić information content (AvgIpc) is 2.70. The van der Waals surface area contributed by atoms with Gasteiger partial charge in [-0.3, -0.25) is 0 Å². The molecule has 1 fully saturated rings. The van der Waals surface area contributed by atoms with Gasteiger partial charge in [0.25, 0.3) is 0 Å². The highest BCUT2D eigenvalue weighted by molar-refractivity contribution is 6.83. The summed E-state index contributed by atoms with van der Waals surface area (Å²) in [6.07, 6.45) is 1.99. The van der Waals surface area contributed by atoms with Crippen molar-refractivity contribution < 1.29 is 9.84 Å². The van der Waals surface area contributed by atoms with E-state index in [1.165, 1.54) is 0 Å². The first-order chi connectivity index (χ1) is 6.37. The molecule has 0 bridgehead atoms. The zero-order chi connectivity index (χ0) is 10.8. The zero-order valence-corrected chi connectivity index (χ0v) is 10.6. The van der Waals surface area contributed by atoms with Crippen molar-refractivity contribution in [3.05, 3.63) is 0 Å². The van der Waals surface area contributed by atoms with Crippen LogP contribution in [-0.2, 0) is 4.74 Å². The molecule has 1 N–H and O–H groups in total. The molecule has 0 aromatic rings. The van der Waals surface area contributed by atoms with Crippen molar-refractivity contribution in [2.75, 3.05) is 6.61 Å². The number of hydrogen-bond acceptors (Lipinski definition) is 2. The monoisotopic (exact) mass is 212 g/mol. The number of rotatable bonds is 3. The standard InChI is InChI=1S/C11H20O2Si/c1-11(7-9-14(2,3)4)10(13-11)6-5-8-12/h10,12H,5-6,8H2,1-4H3/t10-,11-/m1/s1.